The number of imide groups is 1. The van der Waals surface area contributed by atoms with Crippen LogP contribution in [0, 0.1) is 12.8 Å². The number of carbonyl (C=O) groups is 3. The van der Waals surface area contributed by atoms with Gasteiger partial charge in [-0.25, -0.2) is 4.98 Å². The molecule has 1 unspecified atom stereocenters. The van der Waals surface area contributed by atoms with Gasteiger partial charge in [-0.15, -0.1) is 0 Å². The maximum atomic E-state index is 13.4. The number of aryl methyl sites for hydroxylation is 1. The van der Waals surface area contributed by atoms with Gasteiger partial charge in [-0.1, -0.05) is 49.2 Å². The smallest absolute Gasteiger partial charge is 0.262 e. The van der Waals surface area contributed by atoms with Gasteiger partial charge in [0.25, 0.3) is 11.8 Å². The minimum Gasteiger partial charge on any atom is -0.309 e. The first-order chi connectivity index (χ1) is 15.7. The van der Waals surface area contributed by atoms with E-state index in [1.807, 2.05) is 13.8 Å². The zero-order valence-electron chi connectivity index (χ0n) is 18.2. The largest absolute Gasteiger partial charge is 0.309 e. The fourth-order valence-corrected chi connectivity index (χ4v) is 4.25. The maximum absolute atomic E-state index is 13.4. The third kappa shape index (κ3) is 4.36. The van der Waals surface area contributed by atoms with E-state index in [0.29, 0.717) is 34.1 Å². The number of aromatic nitrogens is 3. The molecule has 8 nitrogen and oxygen atoms in total. The highest BCUT2D eigenvalue weighted by atomic mass is 35.5. The third-order valence-electron chi connectivity index (χ3n) is 5.21. The third-order valence-corrected chi connectivity index (χ3v) is 5.69. The zero-order chi connectivity index (χ0) is 23.9. The topological polar surface area (TPSA) is 97.2 Å². The summed E-state index contributed by atoms with van der Waals surface area (Å²) in [6.45, 7) is 5.60. The molecule has 3 aromatic rings. The molecule has 0 bridgehead atoms. The molecule has 0 saturated heterocycles. The Labute approximate surface area is 200 Å². The molecule has 3 heterocycles. The number of nitrogens with one attached hydrogen (secondary N) is 1. The molecular formula is C23H21Cl2N5O3. The van der Waals surface area contributed by atoms with Gasteiger partial charge < -0.3 is 5.32 Å². The van der Waals surface area contributed by atoms with Gasteiger partial charge in [0, 0.05) is 12.3 Å². The molecule has 10 heteroatoms. The highest BCUT2D eigenvalue weighted by molar-refractivity contribution is 6.35. The maximum Gasteiger partial charge on any atom is 0.262 e. The van der Waals surface area contributed by atoms with E-state index in [9.17, 15) is 14.4 Å². The van der Waals surface area contributed by atoms with E-state index < -0.39 is 23.8 Å². The Morgan fingerprint density at radius 2 is 1.73 bits per heavy atom. The van der Waals surface area contributed by atoms with Crippen molar-refractivity contribution >= 4 is 46.7 Å². The lowest BCUT2D eigenvalue weighted by Crippen LogP contribution is -2.48. The number of amides is 3. The van der Waals surface area contributed by atoms with Crippen LogP contribution >= 0.6 is 23.2 Å². The van der Waals surface area contributed by atoms with Gasteiger partial charge in [0.2, 0.25) is 5.91 Å². The van der Waals surface area contributed by atoms with Gasteiger partial charge in [-0.2, -0.15) is 9.78 Å². The van der Waals surface area contributed by atoms with Crippen molar-refractivity contribution in [3.8, 4) is 5.82 Å². The first-order valence-corrected chi connectivity index (χ1v) is 11.1. The lowest BCUT2D eigenvalue weighted by molar-refractivity contribution is -0.120. The standard InChI is InChI=1S/C23H21Cl2N5O3/c1-12(2)8-18(29-22(32)15-6-4-5-7-16(15)23(29)33)21(31)27-19-9-13(3)28-30(19)20-17(25)10-14(24)11-26-20/h4-7,9-12,18H,8H2,1-3H3,(H,27,31). The van der Waals surface area contributed by atoms with Crippen LogP contribution in [0.4, 0.5) is 5.82 Å². The summed E-state index contributed by atoms with van der Waals surface area (Å²) in [5.41, 5.74) is 1.20. The Hall–Kier alpha value is -3.23. The predicted octanol–water partition coefficient (Wildman–Crippen LogP) is 4.53. The van der Waals surface area contributed by atoms with Crippen LogP contribution in [0.15, 0.2) is 42.6 Å². The molecule has 1 aliphatic heterocycles. The minimum absolute atomic E-state index is 0.0454. The van der Waals surface area contributed by atoms with Gasteiger partial charge in [0.1, 0.15) is 11.9 Å². The molecule has 0 fully saturated rings. The summed E-state index contributed by atoms with van der Waals surface area (Å²) < 4.78 is 1.39. The summed E-state index contributed by atoms with van der Waals surface area (Å²) in [5, 5.41) is 7.79. The molecule has 3 amide bonds. The Morgan fingerprint density at radius 3 is 2.30 bits per heavy atom. The molecule has 1 N–H and O–H groups in total. The first kappa shape index (κ1) is 22.9. The Bertz CT molecular complexity index is 1240. The number of rotatable bonds is 6. The highest BCUT2D eigenvalue weighted by Gasteiger charge is 2.43. The van der Waals surface area contributed by atoms with E-state index in [0.717, 1.165) is 4.90 Å². The minimum atomic E-state index is -1.00. The number of fused-ring (bicyclic) bond motifs is 1. The lowest BCUT2D eigenvalue weighted by Gasteiger charge is -2.26. The van der Waals surface area contributed by atoms with Crippen LogP contribution in [0.2, 0.25) is 10.0 Å². The van der Waals surface area contributed by atoms with Crippen LogP contribution < -0.4 is 5.32 Å². The molecule has 33 heavy (non-hydrogen) atoms. The molecule has 0 spiro atoms. The van der Waals surface area contributed by atoms with Crippen molar-refractivity contribution in [1.82, 2.24) is 19.7 Å². The Kier molecular flexibility index (Phi) is 6.23. The highest BCUT2D eigenvalue weighted by Crippen LogP contribution is 2.29. The van der Waals surface area contributed by atoms with E-state index in [-0.39, 0.29) is 16.8 Å². The average molecular weight is 486 g/mol. The van der Waals surface area contributed by atoms with Crippen molar-refractivity contribution in [1.29, 1.82) is 0 Å². The Morgan fingerprint density at radius 1 is 1.09 bits per heavy atom. The second-order valence-corrected chi connectivity index (χ2v) is 9.05. The van der Waals surface area contributed by atoms with Crippen LogP contribution in [0.25, 0.3) is 5.82 Å². The van der Waals surface area contributed by atoms with Crippen LogP contribution in [0.3, 0.4) is 0 Å². The van der Waals surface area contributed by atoms with Crippen molar-refractivity contribution in [3.05, 3.63) is 69.5 Å². The molecular weight excluding hydrogens is 465 g/mol. The van der Waals surface area contributed by atoms with Gasteiger partial charge in [-0.05, 0) is 37.5 Å². The Balaban J connectivity index is 1.68. The summed E-state index contributed by atoms with van der Waals surface area (Å²) in [5.74, 6) is -0.842. The fourth-order valence-electron chi connectivity index (χ4n) is 3.79. The number of nitrogens with zero attached hydrogens (tertiary/aromatic N) is 4. The van der Waals surface area contributed by atoms with Crippen LogP contribution in [0.1, 0.15) is 46.7 Å². The SMILES string of the molecule is Cc1cc(NC(=O)C(CC(C)C)N2C(=O)c3ccccc3C2=O)n(-c2ncc(Cl)cc2Cl)n1. The summed E-state index contributed by atoms with van der Waals surface area (Å²) in [4.78, 5) is 44.7. The fraction of sp³-hybridized carbons (Fsp3) is 0.261. The molecule has 170 valence electrons. The van der Waals surface area contributed by atoms with Crippen molar-refractivity contribution in [2.24, 2.45) is 5.92 Å². The number of anilines is 1. The second kappa shape index (κ2) is 8.96. The molecule has 0 saturated carbocycles. The second-order valence-electron chi connectivity index (χ2n) is 8.20. The first-order valence-electron chi connectivity index (χ1n) is 10.3. The summed E-state index contributed by atoms with van der Waals surface area (Å²) in [7, 11) is 0. The van der Waals surface area contributed by atoms with Crippen molar-refractivity contribution in [2.45, 2.75) is 33.2 Å². The zero-order valence-corrected chi connectivity index (χ0v) is 19.7. The molecule has 0 radical (unpaired) electrons. The van der Waals surface area contributed by atoms with E-state index in [4.69, 9.17) is 23.2 Å². The van der Waals surface area contributed by atoms with Crippen LogP contribution in [-0.4, -0.2) is 43.4 Å². The van der Waals surface area contributed by atoms with Crippen molar-refractivity contribution < 1.29 is 14.4 Å². The lowest BCUT2D eigenvalue weighted by atomic mass is 10.0. The van der Waals surface area contributed by atoms with E-state index in [2.05, 4.69) is 15.4 Å². The predicted molar refractivity (Wildman–Crippen MR) is 125 cm³/mol. The normalized spacial score (nSPS) is 14.1. The van der Waals surface area contributed by atoms with Crippen LogP contribution in [-0.2, 0) is 4.79 Å². The van der Waals surface area contributed by atoms with Gasteiger partial charge in [0.05, 0.1) is 26.9 Å². The molecule has 1 aliphatic rings. The monoisotopic (exact) mass is 485 g/mol. The molecule has 2 aromatic heterocycles. The number of carbonyl (C=O) groups excluding carboxylic acids is 3. The number of halogens is 2. The summed E-state index contributed by atoms with van der Waals surface area (Å²) >= 11 is 12.2. The summed E-state index contributed by atoms with van der Waals surface area (Å²) in [6.07, 6.45) is 1.72. The molecule has 1 atom stereocenters. The van der Waals surface area contributed by atoms with Gasteiger partial charge in [0.15, 0.2) is 5.82 Å². The summed E-state index contributed by atoms with van der Waals surface area (Å²) in [6, 6.07) is 8.73. The van der Waals surface area contributed by atoms with Crippen LogP contribution in [0.5, 0.6) is 0 Å². The number of benzene rings is 1. The van der Waals surface area contributed by atoms with Gasteiger partial charge >= 0.3 is 0 Å². The molecule has 0 aliphatic carbocycles. The number of hydrogen-bond acceptors (Lipinski definition) is 5. The van der Waals surface area contributed by atoms with Crippen molar-refractivity contribution in [3.63, 3.8) is 0 Å². The average Bonchev–Trinajstić information content (AvgIpc) is 3.23. The van der Waals surface area contributed by atoms with Gasteiger partial charge in [-0.3, -0.25) is 19.3 Å². The quantitative estimate of drug-likeness (QED) is 0.517. The van der Waals surface area contributed by atoms with E-state index >= 15 is 0 Å². The van der Waals surface area contributed by atoms with Crippen molar-refractivity contribution in [2.75, 3.05) is 5.32 Å². The number of hydrogen-bond donors (Lipinski definition) is 1. The number of pyridine rings is 1. The van der Waals surface area contributed by atoms with E-state index in [1.165, 1.54) is 16.9 Å². The molecule has 1 aromatic carbocycles. The molecule has 4 rings (SSSR count). The van der Waals surface area contributed by atoms with E-state index in [1.54, 1.807) is 37.3 Å².